The lowest BCUT2D eigenvalue weighted by atomic mass is 10.2. The van der Waals surface area contributed by atoms with Gasteiger partial charge in [-0.15, -0.1) is 0 Å². The highest BCUT2D eigenvalue weighted by molar-refractivity contribution is 6.32. The maximum atomic E-state index is 12.9. The third kappa shape index (κ3) is 1.42. The van der Waals surface area contributed by atoms with Crippen LogP contribution in [0.5, 0.6) is 5.75 Å². The number of anilines is 1. The van der Waals surface area contributed by atoms with Crippen molar-refractivity contribution in [3.8, 4) is 5.75 Å². The molecule has 0 saturated heterocycles. The lowest BCUT2D eigenvalue weighted by Gasteiger charge is -2.23. The van der Waals surface area contributed by atoms with E-state index in [1.54, 1.807) is 6.92 Å². The van der Waals surface area contributed by atoms with E-state index < -0.39 is 11.9 Å². The van der Waals surface area contributed by atoms with Gasteiger partial charge >= 0.3 is 0 Å². The number of amides is 1. The summed E-state index contributed by atoms with van der Waals surface area (Å²) >= 11 is 5.74. The van der Waals surface area contributed by atoms with Crippen molar-refractivity contribution in [2.24, 2.45) is 0 Å². The predicted molar refractivity (Wildman–Crippen MR) is 50.1 cm³/mol. The smallest absolute Gasteiger partial charge is 0.265 e. The minimum absolute atomic E-state index is 0.159. The van der Waals surface area contributed by atoms with E-state index in [2.05, 4.69) is 5.32 Å². The number of hydrogen-bond acceptors (Lipinski definition) is 2. The first kappa shape index (κ1) is 9.27. The number of fused-ring (bicyclic) bond motifs is 1. The Bertz CT molecular complexity index is 408. The molecule has 0 saturated carbocycles. The Hall–Kier alpha value is -1.29. The molecule has 0 aromatic heterocycles. The van der Waals surface area contributed by atoms with Gasteiger partial charge in [-0.05, 0) is 13.0 Å². The fourth-order valence-electron chi connectivity index (χ4n) is 1.24. The van der Waals surface area contributed by atoms with E-state index >= 15 is 0 Å². The zero-order valence-corrected chi connectivity index (χ0v) is 8.06. The number of hydrogen-bond donors (Lipinski definition) is 1. The average Bonchev–Trinajstić information content (AvgIpc) is 2.08. The number of rotatable bonds is 0. The van der Waals surface area contributed by atoms with Crippen molar-refractivity contribution in [1.29, 1.82) is 0 Å². The molecule has 0 spiro atoms. The molecule has 1 heterocycles. The molecular formula is C9H7ClFNO2. The minimum Gasteiger partial charge on any atom is -0.477 e. The van der Waals surface area contributed by atoms with Crippen molar-refractivity contribution >= 4 is 23.2 Å². The largest absolute Gasteiger partial charge is 0.477 e. The van der Waals surface area contributed by atoms with Gasteiger partial charge < -0.3 is 10.1 Å². The molecule has 2 rings (SSSR count). The van der Waals surface area contributed by atoms with Crippen LogP contribution >= 0.6 is 11.6 Å². The summed E-state index contributed by atoms with van der Waals surface area (Å²) in [6, 6.07) is 2.32. The van der Waals surface area contributed by atoms with Crippen LogP contribution in [0.15, 0.2) is 12.1 Å². The van der Waals surface area contributed by atoms with Crippen molar-refractivity contribution in [3.63, 3.8) is 0 Å². The van der Waals surface area contributed by atoms with Crippen LogP contribution in [0, 0.1) is 5.82 Å². The normalized spacial score (nSPS) is 19.6. The maximum Gasteiger partial charge on any atom is 0.265 e. The average molecular weight is 216 g/mol. The summed E-state index contributed by atoms with van der Waals surface area (Å²) in [6.07, 6.45) is -0.606. The summed E-state index contributed by atoms with van der Waals surface area (Å²) in [5.41, 5.74) is 0.276. The van der Waals surface area contributed by atoms with Crippen LogP contribution in [0.1, 0.15) is 6.92 Å². The monoisotopic (exact) mass is 215 g/mol. The quantitative estimate of drug-likeness (QED) is 0.721. The third-order valence-corrected chi connectivity index (χ3v) is 2.21. The summed E-state index contributed by atoms with van der Waals surface area (Å²) in [6.45, 7) is 1.60. The van der Waals surface area contributed by atoms with E-state index in [4.69, 9.17) is 16.3 Å². The van der Waals surface area contributed by atoms with E-state index in [9.17, 15) is 9.18 Å². The van der Waals surface area contributed by atoms with E-state index in [0.29, 0.717) is 5.75 Å². The Labute approximate surface area is 84.8 Å². The second-order valence-corrected chi connectivity index (χ2v) is 3.42. The Morgan fingerprint density at radius 3 is 3.00 bits per heavy atom. The molecule has 1 aliphatic heterocycles. The molecule has 1 aromatic rings. The summed E-state index contributed by atoms with van der Waals surface area (Å²) in [4.78, 5) is 11.2. The number of carbonyl (C=O) groups is 1. The lowest BCUT2D eigenvalue weighted by molar-refractivity contribution is -0.122. The van der Waals surface area contributed by atoms with Crippen molar-refractivity contribution < 1.29 is 13.9 Å². The Morgan fingerprint density at radius 2 is 2.29 bits per heavy atom. The van der Waals surface area contributed by atoms with Crippen LogP contribution in [-0.4, -0.2) is 12.0 Å². The number of carbonyl (C=O) groups excluding carboxylic acids is 1. The number of nitrogens with one attached hydrogen (secondary N) is 1. The SMILES string of the molecule is C[C@H]1Oc2c(Cl)cc(F)cc2NC1=O. The summed E-state index contributed by atoms with van der Waals surface area (Å²) in [5.74, 6) is -0.494. The van der Waals surface area contributed by atoms with Crippen LogP contribution in [0.3, 0.4) is 0 Å². The van der Waals surface area contributed by atoms with Crippen LogP contribution in [0.2, 0.25) is 5.02 Å². The van der Waals surface area contributed by atoms with E-state index in [1.165, 1.54) is 6.07 Å². The van der Waals surface area contributed by atoms with E-state index in [1.807, 2.05) is 0 Å². The Kier molecular flexibility index (Phi) is 2.07. The molecular weight excluding hydrogens is 209 g/mol. The molecule has 1 amide bonds. The number of benzene rings is 1. The van der Waals surface area contributed by atoms with Gasteiger partial charge in [0.2, 0.25) is 0 Å². The van der Waals surface area contributed by atoms with Crippen molar-refractivity contribution in [1.82, 2.24) is 0 Å². The Morgan fingerprint density at radius 1 is 1.57 bits per heavy atom. The van der Waals surface area contributed by atoms with Gasteiger partial charge in [0.1, 0.15) is 5.82 Å². The maximum absolute atomic E-state index is 12.9. The molecule has 0 unspecified atom stereocenters. The molecule has 1 N–H and O–H groups in total. The Balaban J connectivity index is 2.51. The van der Waals surface area contributed by atoms with Gasteiger partial charge in [-0.1, -0.05) is 11.6 Å². The zero-order chi connectivity index (χ0) is 10.3. The van der Waals surface area contributed by atoms with Gasteiger partial charge in [0.25, 0.3) is 5.91 Å². The van der Waals surface area contributed by atoms with Crippen molar-refractivity contribution in [2.75, 3.05) is 5.32 Å². The third-order valence-electron chi connectivity index (χ3n) is 1.93. The first-order valence-corrected chi connectivity index (χ1v) is 4.42. The highest BCUT2D eigenvalue weighted by Gasteiger charge is 2.25. The molecule has 0 fully saturated rings. The van der Waals surface area contributed by atoms with Crippen LogP contribution in [0.25, 0.3) is 0 Å². The molecule has 5 heteroatoms. The second kappa shape index (κ2) is 3.13. The molecule has 0 bridgehead atoms. The molecule has 1 atom stereocenters. The summed E-state index contributed by atoms with van der Waals surface area (Å²) in [7, 11) is 0. The topological polar surface area (TPSA) is 38.3 Å². The fourth-order valence-corrected chi connectivity index (χ4v) is 1.49. The molecule has 3 nitrogen and oxygen atoms in total. The van der Waals surface area contributed by atoms with Gasteiger partial charge in [-0.3, -0.25) is 4.79 Å². The standard InChI is InChI=1S/C9H7ClFNO2/c1-4-9(13)12-7-3-5(11)2-6(10)8(7)14-4/h2-4H,1H3,(H,12,13)/t4-/m1/s1. The minimum atomic E-state index is -0.606. The zero-order valence-electron chi connectivity index (χ0n) is 7.30. The van der Waals surface area contributed by atoms with E-state index in [-0.39, 0.29) is 16.6 Å². The first-order chi connectivity index (χ1) is 6.58. The molecule has 0 radical (unpaired) electrons. The molecule has 1 aliphatic rings. The fraction of sp³-hybridized carbons (Fsp3) is 0.222. The highest BCUT2D eigenvalue weighted by atomic mass is 35.5. The van der Waals surface area contributed by atoms with Gasteiger partial charge in [-0.25, -0.2) is 4.39 Å². The lowest BCUT2D eigenvalue weighted by Crippen LogP contribution is -2.34. The van der Waals surface area contributed by atoms with Crippen LogP contribution in [-0.2, 0) is 4.79 Å². The number of ether oxygens (including phenoxy) is 1. The van der Waals surface area contributed by atoms with E-state index in [0.717, 1.165) is 6.07 Å². The van der Waals surface area contributed by atoms with Gasteiger partial charge in [0.05, 0.1) is 10.7 Å². The molecule has 14 heavy (non-hydrogen) atoms. The van der Waals surface area contributed by atoms with Gasteiger partial charge in [0.15, 0.2) is 11.9 Å². The van der Waals surface area contributed by atoms with Crippen molar-refractivity contribution in [2.45, 2.75) is 13.0 Å². The predicted octanol–water partition coefficient (Wildman–Crippen LogP) is 2.20. The number of halogens is 2. The second-order valence-electron chi connectivity index (χ2n) is 3.01. The molecule has 74 valence electrons. The van der Waals surface area contributed by atoms with Crippen LogP contribution < -0.4 is 10.1 Å². The molecule has 1 aromatic carbocycles. The first-order valence-electron chi connectivity index (χ1n) is 4.04. The van der Waals surface area contributed by atoms with Crippen molar-refractivity contribution in [3.05, 3.63) is 23.0 Å². The summed E-state index contributed by atoms with van der Waals surface area (Å²) < 4.78 is 18.1. The van der Waals surface area contributed by atoms with Gasteiger partial charge in [0, 0.05) is 6.07 Å². The van der Waals surface area contributed by atoms with Crippen LogP contribution in [0.4, 0.5) is 10.1 Å². The molecule has 0 aliphatic carbocycles. The van der Waals surface area contributed by atoms with Gasteiger partial charge in [-0.2, -0.15) is 0 Å². The highest BCUT2D eigenvalue weighted by Crippen LogP contribution is 2.37. The summed E-state index contributed by atoms with van der Waals surface area (Å²) in [5, 5.41) is 2.66.